The molecule has 2 N–H and O–H groups in total. The van der Waals surface area contributed by atoms with Crippen molar-refractivity contribution in [2.75, 3.05) is 26.7 Å². The Morgan fingerprint density at radius 3 is 2.39 bits per heavy atom. The Balaban J connectivity index is 1.62. The number of aromatic hydroxyl groups is 1. The number of hydrogen-bond donors (Lipinski definition) is 2. The molecule has 4 aromatic rings. The third-order valence-corrected chi connectivity index (χ3v) is 7.83. The van der Waals surface area contributed by atoms with Gasteiger partial charge in [-0.2, -0.15) is 0 Å². The first-order valence-corrected chi connectivity index (χ1v) is 12.5. The highest BCUT2D eigenvalue weighted by molar-refractivity contribution is 5.99. The molecule has 0 bridgehead atoms. The molecule has 2 aliphatic heterocycles. The monoisotopic (exact) mass is 488 g/mol. The van der Waals surface area contributed by atoms with Gasteiger partial charge < -0.3 is 24.5 Å². The van der Waals surface area contributed by atoms with Crippen LogP contribution in [0.2, 0.25) is 0 Å². The van der Waals surface area contributed by atoms with Crippen LogP contribution < -0.4 is 16.4 Å². The quantitative estimate of drug-likeness (QED) is 0.422. The van der Waals surface area contributed by atoms with Gasteiger partial charge in [0.15, 0.2) is 0 Å². The summed E-state index contributed by atoms with van der Waals surface area (Å²) in [4.78, 5) is 28.9. The zero-order valence-corrected chi connectivity index (χ0v) is 20.2. The third-order valence-electron chi connectivity index (χ3n) is 7.83. The van der Waals surface area contributed by atoms with Gasteiger partial charge in [0.25, 0.3) is 0 Å². The van der Waals surface area contributed by atoms with Crippen molar-refractivity contribution in [3.63, 3.8) is 0 Å². The minimum absolute atomic E-state index is 0.0376. The number of likely N-dealkylation sites (tertiary alicyclic amines) is 1. The van der Waals surface area contributed by atoms with Crippen molar-refractivity contribution in [1.29, 1.82) is 0 Å². The van der Waals surface area contributed by atoms with Crippen molar-refractivity contribution < 1.29 is 9.50 Å². The van der Waals surface area contributed by atoms with Gasteiger partial charge in [-0.1, -0.05) is 24.3 Å². The summed E-state index contributed by atoms with van der Waals surface area (Å²) in [7, 11) is 2.03. The van der Waals surface area contributed by atoms with Crippen molar-refractivity contribution in [2.45, 2.75) is 32.0 Å². The van der Waals surface area contributed by atoms with E-state index < -0.39 is 16.9 Å². The second kappa shape index (κ2) is 8.87. The fourth-order valence-corrected chi connectivity index (χ4v) is 5.68. The topological polar surface area (TPSA) is 79.5 Å². The minimum atomic E-state index is -0.606. The largest absolute Gasteiger partial charge is 0.508 e. The Bertz CT molecular complexity index is 1610. The average molecular weight is 489 g/mol. The molecule has 3 heterocycles. The van der Waals surface area contributed by atoms with Crippen molar-refractivity contribution in [3.8, 4) is 16.9 Å². The van der Waals surface area contributed by atoms with Gasteiger partial charge in [-0.05, 0) is 61.0 Å². The number of likely N-dealkylation sites (N-methyl/N-ethyl adjacent to an activating group) is 1. The zero-order valence-electron chi connectivity index (χ0n) is 20.2. The third kappa shape index (κ3) is 3.81. The van der Waals surface area contributed by atoms with E-state index >= 15 is 4.39 Å². The summed E-state index contributed by atoms with van der Waals surface area (Å²) in [5, 5.41) is 15.2. The van der Waals surface area contributed by atoms with Gasteiger partial charge in [0.2, 0.25) is 0 Å². The van der Waals surface area contributed by atoms with Crippen LogP contribution in [-0.2, 0) is 13.1 Å². The second-order valence-corrected chi connectivity index (χ2v) is 10.2. The molecule has 36 heavy (non-hydrogen) atoms. The number of nitrogens with zero attached hydrogens (tertiary/aromatic N) is 3. The summed E-state index contributed by atoms with van der Waals surface area (Å²) in [6.07, 6.45) is 1.97. The van der Waals surface area contributed by atoms with Gasteiger partial charge in [-0.3, -0.25) is 9.59 Å². The Morgan fingerprint density at radius 2 is 1.69 bits per heavy atom. The number of halogens is 1. The molecular weight excluding hydrogens is 459 g/mol. The van der Waals surface area contributed by atoms with Crippen LogP contribution in [0.5, 0.6) is 5.75 Å². The maximum Gasteiger partial charge on any atom is 0.317 e. The number of rotatable bonds is 5. The highest BCUT2D eigenvalue weighted by Crippen LogP contribution is 2.36. The summed E-state index contributed by atoms with van der Waals surface area (Å²) in [5.41, 5.74) is 0.619. The van der Waals surface area contributed by atoms with E-state index in [0.29, 0.717) is 29.7 Å². The fourth-order valence-electron chi connectivity index (χ4n) is 5.68. The summed E-state index contributed by atoms with van der Waals surface area (Å²) < 4.78 is 18.8. The summed E-state index contributed by atoms with van der Waals surface area (Å²) >= 11 is 0. The minimum Gasteiger partial charge on any atom is -0.508 e. The molecule has 2 saturated heterocycles. The predicted molar refractivity (Wildman–Crippen MR) is 139 cm³/mol. The number of fused-ring (bicyclic) bond motifs is 2. The van der Waals surface area contributed by atoms with Crippen LogP contribution in [0.15, 0.2) is 58.1 Å². The lowest BCUT2D eigenvalue weighted by Gasteiger charge is -2.29. The Kier molecular flexibility index (Phi) is 5.65. The highest BCUT2D eigenvalue weighted by Gasteiger charge is 2.26. The fraction of sp³-hybridized carbons (Fsp3) is 0.357. The van der Waals surface area contributed by atoms with Crippen LogP contribution in [-0.4, -0.2) is 51.9 Å². The average Bonchev–Trinajstić information content (AvgIpc) is 3.24. The van der Waals surface area contributed by atoms with E-state index in [9.17, 15) is 14.7 Å². The molecule has 186 valence electrons. The first-order valence-electron chi connectivity index (χ1n) is 12.5. The number of hydrogen-bond acceptors (Lipinski definition) is 5. The lowest BCUT2D eigenvalue weighted by Crippen LogP contribution is -2.49. The predicted octanol–water partition coefficient (Wildman–Crippen LogP) is 3.14. The van der Waals surface area contributed by atoms with E-state index in [-0.39, 0.29) is 23.3 Å². The van der Waals surface area contributed by atoms with Crippen molar-refractivity contribution >= 4 is 21.8 Å². The van der Waals surface area contributed by atoms with Crippen molar-refractivity contribution in [3.05, 3.63) is 75.1 Å². The molecular formula is C28H29FN4O3. The van der Waals surface area contributed by atoms with Gasteiger partial charge in [0, 0.05) is 49.8 Å². The normalized spacial score (nSPS) is 18.8. The van der Waals surface area contributed by atoms with Crippen molar-refractivity contribution in [1.82, 2.24) is 19.4 Å². The molecule has 6 rings (SSSR count). The summed E-state index contributed by atoms with van der Waals surface area (Å²) in [6, 6.07) is 13.9. The first kappa shape index (κ1) is 22.9. The van der Waals surface area contributed by atoms with E-state index in [4.69, 9.17) is 0 Å². The van der Waals surface area contributed by atoms with E-state index in [1.807, 2.05) is 31.3 Å². The van der Waals surface area contributed by atoms with Gasteiger partial charge in [-0.15, -0.1) is 0 Å². The van der Waals surface area contributed by atoms with E-state index in [1.165, 1.54) is 15.2 Å². The van der Waals surface area contributed by atoms with Crippen LogP contribution >= 0.6 is 0 Å². The molecule has 2 aliphatic rings. The van der Waals surface area contributed by atoms with E-state index in [2.05, 4.69) is 10.2 Å². The molecule has 8 heteroatoms. The van der Waals surface area contributed by atoms with Crippen LogP contribution in [0.3, 0.4) is 0 Å². The molecule has 2 fully saturated rings. The lowest BCUT2D eigenvalue weighted by atomic mass is 9.96. The number of benzene rings is 3. The maximum atomic E-state index is 15.8. The summed E-state index contributed by atoms with van der Waals surface area (Å²) in [5.74, 6) is -0.239. The van der Waals surface area contributed by atoms with Crippen LogP contribution in [0.4, 0.5) is 4.39 Å². The van der Waals surface area contributed by atoms with Crippen LogP contribution in [0.1, 0.15) is 12.8 Å². The molecule has 0 saturated carbocycles. The van der Waals surface area contributed by atoms with Crippen LogP contribution in [0, 0.1) is 11.7 Å². The zero-order chi connectivity index (χ0) is 25.0. The van der Waals surface area contributed by atoms with Gasteiger partial charge >= 0.3 is 11.1 Å². The lowest BCUT2D eigenvalue weighted by molar-refractivity contribution is 0.280. The molecule has 0 spiro atoms. The highest BCUT2D eigenvalue weighted by atomic mass is 19.1. The molecule has 1 atom stereocenters. The van der Waals surface area contributed by atoms with Crippen LogP contribution in [0.25, 0.3) is 32.9 Å². The summed E-state index contributed by atoms with van der Waals surface area (Å²) in [6.45, 7) is 3.21. The molecule has 0 amide bonds. The van der Waals surface area contributed by atoms with Gasteiger partial charge in [0.05, 0.1) is 11.0 Å². The van der Waals surface area contributed by atoms with Gasteiger partial charge in [-0.25, -0.2) is 4.39 Å². The van der Waals surface area contributed by atoms with Crippen molar-refractivity contribution in [2.24, 2.45) is 5.92 Å². The number of nitrogens with one attached hydrogen (secondary N) is 1. The Hall–Kier alpha value is -3.49. The number of phenolic OH excluding ortho intramolecular Hbond substituents is 1. The Morgan fingerprint density at radius 1 is 0.972 bits per heavy atom. The molecule has 0 radical (unpaired) electrons. The molecule has 3 aromatic carbocycles. The molecule has 0 aliphatic carbocycles. The standard InChI is InChI=1S/C28H29FN4O3/c1-31-8-4-6-19(31)16-33-25-11-23(22-10-20(34)9-18-5-2-3-7-21(18)22)24(29)12-26(25)32(27(35)28(33)36)15-17-13-30-14-17/h2-3,5,7,9-12,17,19,30,34H,4,6,8,13-16H2,1H3/t19-/m0/s1. The van der Waals surface area contributed by atoms with E-state index in [1.54, 1.807) is 18.2 Å². The first-order chi connectivity index (χ1) is 17.4. The Labute approximate surface area is 207 Å². The van der Waals surface area contributed by atoms with E-state index in [0.717, 1.165) is 43.2 Å². The maximum absolute atomic E-state index is 15.8. The molecule has 1 aromatic heterocycles. The smallest absolute Gasteiger partial charge is 0.317 e. The number of phenols is 1. The van der Waals surface area contributed by atoms with Gasteiger partial charge in [0.1, 0.15) is 11.6 Å². The SMILES string of the molecule is CN1CCC[C@H]1Cn1c(=O)c(=O)n(CC2CNC2)c2cc(F)c(-c3cc(O)cc4ccccc34)cc21. The second-order valence-electron chi connectivity index (χ2n) is 10.2. The molecule has 0 unspecified atom stereocenters. The number of aromatic nitrogens is 2. The molecule has 7 nitrogen and oxygen atoms in total.